The second kappa shape index (κ2) is 8.86. The van der Waals surface area contributed by atoms with E-state index in [1.54, 1.807) is 24.3 Å². The van der Waals surface area contributed by atoms with Gasteiger partial charge in [0.05, 0.1) is 15.7 Å². The number of aromatic hydroxyl groups is 1. The fraction of sp³-hybridized carbons (Fsp3) is 0.130. The van der Waals surface area contributed by atoms with Gasteiger partial charge in [-0.05, 0) is 47.5 Å². The van der Waals surface area contributed by atoms with Crippen molar-refractivity contribution in [2.24, 2.45) is 0 Å². The molecular weight excluding hydrogens is 459 g/mol. The molecule has 164 valence electrons. The lowest BCUT2D eigenvalue weighted by molar-refractivity contribution is 0.0279. The molecule has 0 radical (unpaired) electrons. The van der Waals surface area contributed by atoms with E-state index in [4.69, 9.17) is 23.2 Å². The quantitative estimate of drug-likeness (QED) is 0.400. The third kappa shape index (κ3) is 4.75. The van der Waals surface area contributed by atoms with E-state index >= 15 is 0 Å². The zero-order chi connectivity index (χ0) is 22.9. The van der Waals surface area contributed by atoms with Crippen LogP contribution in [0.25, 0.3) is 5.69 Å². The lowest BCUT2D eigenvalue weighted by Crippen LogP contribution is -2.33. The highest BCUT2D eigenvalue weighted by Crippen LogP contribution is 2.34. The number of phenols is 1. The van der Waals surface area contributed by atoms with Gasteiger partial charge in [0, 0.05) is 12.8 Å². The van der Waals surface area contributed by atoms with Crippen LogP contribution < -0.4 is 0 Å². The zero-order valence-corrected chi connectivity index (χ0v) is 18.0. The average Bonchev–Trinajstić information content (AvgIpc) is 3.26. The number of hydrogen-bond donors (Lipinski definition) is 2. The summed E-state index contributed by atoms with van der Waals surface area (Å²) in [6, 6.07) is 14.4. The monoisotopic (exact) mass is 475 g/mol. The van der Waals surface area contributed by atoms with Crippen LogP contribution >= 0.6 is 23.2 Å². The lowest BCUT2D eigenvalue weighted by atomic mass is 9.87. The summed E-state index contributed by atoms with van der Waals surface area (Å²) < 4.78 is 28.1. The van der Waals surface area contributed by atoms with Crippen LogP contribution in [-0.2, 0) is 18.4 Å². The van der Waals surface area contributed by atoms with Gasteiger partial charge in [-0.1, -0.05) is 47.5 Å². The summed E-state index contributed by atoms with van der Waals surface area (Å²) in [6.45, 7) is 0. The summed E-state index contributed by atoms with van der Waals surface area (Å²) in [6.07, 6.45) is 1.56. The SMILES string of the molecule is Oc1c(Cl)cc(-n2cnc(C(O)(Cc3ccc(F)cc3)Cc3ccc(F)cc3)n2)cc1Cl. The van der Waals surface area contributed by atoms with Crippen molar-refractivity contribution in [3.05, 3.63) is 106 Å². The van der Waals surface area contributed by atoms with Crippen LogP contribution in [0.5, 0.6) is 5.75 Å². The molecule has 4 rings (SSSR count). The van der Waals surface area contributed by atoms with Crippen molar-refractivity contribution in [3.63, 3.8) is 0 Å². The minimum Gasteiger partial charge on any atom is -0.505 e. The van der Waals surface area contributed by atoms with E-state index in [1.807, 2.05) is 0 Å². The van der Waals surface area contributed by atoms with Crippen molar-refractivity contribution in [1.29, 1.82) is 0 Å². The predicted molar refractivity (Wildman–Crippen MR) is 117 cm³/mol. The van der Waals surface area contributed by atoms with Crippen molar-refractivity contribution < 1.29 is 19.0 Å². The minimum absolute atomic E-state index is 0.0393. The summed E-state index contributed by atoms with van der Waals surface area (Å²) >= 11 is 12.0. The van der Waals surface area contributed by atoms with Crippen LogP contribution in [0.1, 0.15) is 17.0 Å². The number of aromatic nitrogens is 3. The molecule has 0 saturated heterocycles. The Morgan fingerprint density at radius 1 is 0.844 bits per heavy atom. The highest BCUT2D eigenvalue weighted by Gasteiger charge is 2.34. The first-order valence-electron chi connectivity index (χ1n) is 9.55. The largest absolute Gasteiger partial charge is 0.505 e. The van der Waals surface area contributed by atoms with Gasteiger partial charge in [-0.2, -0.15) is 0 Å². The Bertz CT molecular complexity index is 1170. The van der Waals surface area contributed by atoms with Crippen LogP contribution in [0.3, 0.4) is 0 Å². The van der Waals surface area contributed by atoms with Gasteiger partial charge in [0.1, 0.15) is 23.6 Å². The molecule has 0 aliphatic carbocycles. The molecule has 0 aliphatic heterocycles. The van der Waals surface area contributed by atoms with E-state index in [1.165, 1.54) is 47.4 Å². The second-order valence-electron chi connectivity index (χ2n) is 7.41. The van der Waals surface area contributed by atoms with Crippen molar-refractivity contribution in [3.8, 4) is 11.4 Å². The van der Waals surface area contributed by atoms with E-state index in [-0.39, 0.29) is 46.1 Å². The Morgan fingerprint density at radius 2 is 1.31 bits per heavy atom. The summed E-state index contributed by atoms with van der Waals surface area (Å²) in [5, 5.41) is 25.9. The Morgan fingerprint density at radius 3 is 1.78 bits per heavy atom. The van der Waals surface area contributed by atoms with Gasteiger partial charge in [-0.3, -0.25) is 0 Å². The number of rotatable bonds is 6. The van der Waals surface area contributed by atoms with Crippen molar-refractivity contribution in [2.45, 2.75) is 18.4 Å². The van der Waals surface area contributed by atoms with E-state index < -0.39 is 5.60 Å². The number of halogens is 4. The van der Waals surface area contributed by atoms with Gasteiger partial charge in [-0.15, -0.1) is 5.10 Å². The predicted octanol–water partition coefficient (Wildman–Crippen LogP) is 5.23. The molecule has 1 aromatic heterocycles. The summed E-state index contributed by atoms with van der Waals surface area (Å²) in [5.74, 6) is -0.924. The zero-order valence-electron chi connectivity index (χ0n) is 16.5. The molecule has 0 saturated carbocycles. The Labute approximate surface area is 192 Å². The van der Waals surface area contributed by atoms with E-state index in [0.717, 1.165) is 0 Å². The number of benzene rings is 3. The average molecular weight is 476 g/mol. The van der Waals surface area contributed by atoms with Crippen molar-refractivity contribution in [2.75, 3.05) is 0 Å². The van der Waals surface area contributed by atoms with Gasteiger partial charge >= 0.3 is 0 Å². The topological polar surface area (TPSA) is 71.2 Å². The van der Waals surface area contributed by atoms with E-state index in [0.29, 0.717) is 16.8 Å². The van der Waals surface area contributed by atoms with Crippen LogP contribution in [0, 0.1) is 11.6 Å². The van der Waals surface area contributed by atoms with Gasteiger partial charge in [0.25, 0.3) is 0 Å². The molecule has 4 aromatic rings. The minimum atomic E-state index is -1.58. The van der Waals surface area contributed by atoms with Gasteiger partial charge < -0.3 is 10.2 Å². The Hall–Kier alpha value is -3.00. The molecule has 0 bridgehead atoms. The molecule has 9 heteroatoms. The number of nitrogens with zero attached hydrogens (tertiary/aromatic N) is 3. The van der Waals surface area contributed by atoms with E-state index in [2.05, 4.69) is 10.1 Å². The van der Waals surface area contributed by atoms with Gasteiger partial charge in [0.2, 0.25) is 0 Å². The molecule has 32 heavy (non-hydrogen) atoms. The fourth-order valence-corrected chi connectivity index (χ4v) is 3.86. The summed E-state index contributed by atoms with van der Waals surface area (Å²) in [7, 11) is 0. The molecule has 2 N–H and O–H groups in total. The maximum atomic E-state index is 13.3. The Balaban J connectivity index is 1.72. The van der Waals surface area contributed by atoms with Crippen LogP contribution in [0.4, 0.5) is 8.78 Å². The second-order valence-corrected chi connectivity index (χ2v) is 8.22. The molecule has 0 aliphatic rings. The molecule has 0 fully saturated rings. The highest BCUT2D eigenvalue weighted by atomic mass is 35.5. The maximum absolute atomic E-state index is 13.3. The summed E-state index contributed by atoms with van der Waals surface area (Å²) in [5.41, 5.74) is 0.194. The first-order valence-corrected chi connectivity index (χ1v) is 10.3. The molecule has 3 aromatic carbocycles. The number of hydrogen-bond acceptors (Lipinski definition) is 4. The first kappa shape index (κ1) is 22.2. The molecule has 5 nitrogen and oxygen atoms in total. The first-order chi connectivity index (χ1) is 15.2. The van der Waals surface area contributed by atoms with Crippen LogP contribution in [0.2, 0.25) is 10.0 Å². The Kier molecular flexibility index (Phi) is 6.15. The molecular formula is C23H17Cl2F2N3O2. The molecule has 0 spiro atoms. The molecule has 0 amide bonds. The van der Waals surface area contributed by atoms with Gasteiger partial charge in [-0.25, -0.2) is 18.4 Å². The summed E-state index contributed by atoms with van der Waals surface area (Å²) in [4.78, 5) is 4.28. The standard InChI is InChI=1S/C23H17Cl2F2N3O2/c24-19-9-18(10-20(25)21(19)31)30-13-28-22(29-30)23(32,11-14-1-5-16(26)6-2-14)12-15-3-7-17(27)8-4-15/h1-10,13,31-32H,11-12H2. The van der Waals surface area contributed by atoms with Crippen LogP contribution in [-0.4, -0.2) is 25.0 Å². The normalized spacial score (nSPS) is 11.7. The number of phenolic OH excluding ortho intramolecular Hbond substituents is 1. The maximum Gasteiger partial charge on any atom is 0.183 e. The molecule has 0 atom stereocenters. The smallest absolute Gasteiger partial charge is 0.183 e. The van der Waals surface area contributed by atoms with Crippen molar-refractivity contribution in [1.82, 2.24) is 14.8 Å². The lowest BCUT2D eigenvalue weighted by Gasteiger charge is -2.25. The molecule has 1 heterocycles. The van der Waals surface area contributed by atoms with Crippen molar-refractivity contribution >= 4 is 23.2 Å². The third-order valence-corrected chi connectivity index (χ3v) is 5.57. The van der Waals surface area contributed by atoms with Crippen LogP contribution in [0.15, 0.2) is 67.0 Å². The fourth-order valence-electron chi connectivity index (χ4n) is 3.39. The number of aliphatic hydroxyl groups is 1. The third-order valence-electron chi connectivity index (χ3n) is 4.99. The van der Waals surface area contributed by atoms with Gasteiger partial charge in [0.15, 0.2) is 11.6 Å². The van der Waals surface area contributed by atoms with E-state index in [9.17, 15) is 19.0 Å². The molecule has 0 unspecified atom stereocenters. The highest BCUT2D eigenvalue weighted by molar-refractivity contribution is 6.37.